The highest BCUT2D eigenvalue weighted by atomic mass is 32.1. The zero-order chi connectivity index (χ0) is 15.8. The second kappa shape index (κ2) is 8.47. The van der Waals surface area contributed by atoms with E-state index in [1.807, 2.05) is 29.6 Å². The fraction of sp³-hybridized carbons (Fsp3) is 0.333. The summed E-state index contributed by atoms with van der Waals surface area (Å²) in [6, 6.07) is 7.48. The van der Waals surface area contributed by atoms with E-state index in [1.54, 1.807) is 0 Å². The number of aliphatic hydroxyl groups excluding tert-OH is 1. The number of anilines is 1. The molecule has 0 unspecified atom stereocenters. The topological polar surface area (TPSA) is 97.5 Å². The highest BCUT2D eigenvalue weighted by Crippen LogP contribution is 2.24. The van der Waals surface area contributed by atoms with Crippen LogP contribution in [0.1, 0.15) is 5.69 Å². The van der Waals surface area contributed by atoms with Crippen molar-refractivity contribution in [2.75, 3.05) is 32.1 Å². The number of hydrogen-bond acceptors (Lipinski definition) is 6. The van der Waals surface area contributed by atoms with Gasteiger partial charge >= 0.3 is 0 Å². The van der Waals surface area contributed by atoms with E-state index < -0.39 is 0 Å². The number of aliphatic hydroxyl groups is 1. The van der Waals surface area contributed by atoms with Crippen LogP contribution in [0.15, 0.2) is 29.6 Å². The molecule has 0 aliphatic rings. The van der Waals surface area contributed by atoms with Crippen LogP contribution in [0.2, 0.25) is 0 Å². The Hall–Kier alpha value is -1.96. The summed E-state index contributed by atoms with van der Waals surface area (Å²) in [4.78, 5) is 16.2. The lowest BCUT2D eigenvalue weighted by molar-refractivity contribution is -0.120. The zero-order valence-corrected chi connectivity index (χ0v) is 12.9. The van der Waals surface area contributed by atoms with Gasteiger partial charge in [-0.05, 0) is 24.3 Å². The van der Waals surface area contributed by atoms with Gasteiger partial charge < -0.3 is 20.9 Å². The average Bonchev–Trinajstić information content (AvgIpc) is 2.96. The van der Waals surface area contributed by atoms with Crippen molar-refractivity contribution in [2.24, 2.45) is 0 Å². The third kappa shape index (κ3) is 5.10. The summed E-state index contributed by atoms with van der Waals surface area (Å²) < 4.78 is 5.07. The minimum absolute atomic E-state index is 0.0132. The number of ether oxygens (including phenoxy) is 1. The molecule has 0 saturated carbocycles. The van der Waals surface area contributed by atoms with E-state index in [-0.39, 0.29) is 25.5 Å². The number of nitrogens with zero attached hydrogens (tertiary/aromatic N) is 1. The molecule has 118 valence electrons. The lowest BCUT2D eigenvalue weighted by Gasteiger charge is -2.04. The van der Waals surface area contributed by atoms with Crippen molar-refractivity contribution in [1.29, 1.82) is 0 Å². The molecule has 0 bridgehead atoms. The average molecular weight is 321 g/mol. The molecular formula is C15H19N3O3S. The molecule has 7 heteroatoms. The van der Waals surface area contributed by atoms with Gasteiger partial charge in [0.1, 0.15) is 5.01 Å². The summed E-state index contributed by atoms with van der Waals surface area (Å²) in [6.45, 7) is 1.08. The lowest BCUT2D eigenvalue weighted by Crippen LogP contribution is -2.29. The van der Waals surface area contributed by atoms with Crippen LogP contribution in [0.4, 0.5) is 5.69 Å². The molecule has 0 aliphatic heterocycles. The van der Waals surface area contributed by atoms with Gasteiger partial charge in [0.2, 0.25) is 5.91 Å². The maximum absolute atomic E-state index is 11.8. The molecule has 1 amide bonds. The van der Waals surface area contributed by atoms with Gasteiger partial charge in [0.25, 0.3) is 0 Å². The fourth-order valence-electron chi connectivity index (χ4n) is 1.80. The first kappa shape index (κ1) is 16.4. The van der Waals surface area contributed by atoms with Gasteiger partial charge in [-0.1, -0.05) is 0 Å². The monoisotopic (exact) mass is 321 g/mol. The molecule has 4 N–H and O–H groups in total. The fourth-order valence-corrected chi connectivity index (χ4v) is 2.63. The first-order valence-electron chi connectivity index (χ1n) is 6.94. The number of carbonyl (C=O) groups is 1. The standard InChI is InChI=1S/C15H19N3O3S/c16-12-3-1-11(2-4-12)15-18-13(10-22-15)9-14(20)17-5-7-21-8-6-19/h1-4,10,19H,5-9,16H2,(H,17,20). The van der Waals surface area contributed by atoms with Crippen molar-refractivity contribution in [3.63, 3.8) is 0 Å². The Morgan fingerprint density at radius 1 is 1.32 bits per heavy atom. The van der Waals surface area contributed by atoms with Gasteiger partial charge in [-0.25, -0.2) is 4.98 Å². The van der Waals surface area contributed by atoms with Crippen molar-refractivity contribution in [3.05, 3.63) is 35.3 Å². The molecule has 0 aliphatic carbocycles. The molecule has 0 saturated heterocycles. The molecule has 22 heavy (non-hydrogen) atoms. The number of benzene rings is 1. The SMILES string of the molecule is Nc1ccc(-c2nc(CC(=O)NCCOCCO)cs2)cc1. The third-order valence-electron chi connectivity index (χ3n) is 2.86. The third-order valence-corrected chi connectivity index (χ3v) is 3.80. The Morgan fingerprint density at radius 2 is 2.09 bits per heavy atom. The smallest absolute Gasteiger partial charge is 0.226 e. The zero-order valence-electron chi connectivity index (χ0n) is 12.1. The molecule has 2 aromatic rings. The van der Waals surface area contributed by atoms with Crippen LogP contribution in [0.5, 0.6) is 0 Å². The van der Waals surface area contributed by atoms with Crippen LogP contribution in [-0.2, 0) is 16.0 Å². The Bertz CT molecular complexity index is 598. The number of nitrogens with two attached hydrogens (primary N) is 1. The number of hydrogen-bond donors (Lipinski definition) is 3. The molecule has 1 heterocycles. The summed E-state index contributed by atoms with van der Waals surface area (Å²) in [5.41, 5.74) is 8.10. The number of thiazole rings is 1. The lowest BCUT2D eigenvalue weighted by atomic mass is 10.2. The predicted molar refractivity (Wildman–Crippen MR) is 86.6 cm³/mol. The quantitative estimate of drug-likeness (QED) is 0.499. The molecule has 1 aromatic carbocycles. The summed E-state index contributed by atoms with van der Waals surface area (Å²) in [5.74, 6) is -0.0956. The molecule has 1 aromatic heterocycles. The Labute approximate surface area is 132 Å². The maximum Gasteiger partial charge on any atom is 0.226 e. The van der Waals surface area contributed by atoms with Crippen molar-refractivity contribution in [2.45, 2.75) is 6.42 Å². The van der Waals surface area contributed by atoms with Crippen LogP contribution in [0.3, 0.4) is 0 Å². The van der Waals surface area contributed by atoms with Gasteiger partial charge in [-0.15, -0.1) is 11.3 Å². The Kier molecular flexibility index (Phi) is 6.32. The Morgan fingerprint density at radius 3 is 2.82 bits per heavy atom. The first-order chi connectivity index (χ1) is 10.7. The van der Waals surface area contributed by atoms with Crippen molar-refractivity contribution < 1.29 is 14.6 Å². The largest absolute Gasteiger partial charge is 0.399 e. The predicted octanol–water partition coefficient (Wildman–Crippen LogP) is 1.06. The number of carbonyl (C=O) groups excluding carboxylic acids is 1. The number of rotatable bonds is 8. The van der Waals surface area contributed by atoms with E-state index in [0.29, 0.717) is 18.8 Å². The van der Waals surface area contributed by atoms with Crippen LogP contribution < -0.4 is 11.1 Å². The number of aromatic nitrogens is 1. The van der Waals surface area contributed by atoms with Gasteiger partial charge in [0.15, 0.2) is 0 Å². The first-order valence-corrected chi connectivity index (χ1v) is 7.82. The van der Waals surface area contributed by atoms with Gasteiger partial charge in [0.05, 0.1) is 31.9 Å². The highest BCUT2D eigenvalue weighted by Gasteiger charge is 2.08. The van der Waals surface area contributed by atoms with E-state index in [0.717, 1.165) is 16.3 Å². The van der Waals surface area contributed by atoms with Gasteiger partial charge in [0, 0.05) is 23.2 Å². The van der Waals surface area contributed by atoms with Crippen LogP contribution in [-0.4, -0.2) is 42.4 Å². The van der Waals surface area contributed by atoms with E-state index in [4.69, 9.17) is 15.6 Å². The van der Waals surface area contributed by atoms with Crippen molar-refractivity contribution >= 4 is 22.9 Å². The van der Waals surface area contributed by atoms with Crippen LogP contribution in [0, 0.1) is 0 Å². The van der Waals surface area contributed by atoms with Gasteiger partial charge in [-0.3, -0.25) is 4.79 Å². The van der Waals surface area contributed by atoms with Crippen molar-refractivity contribution in [1.82, 2.24) is 10.3 Å². The van der Waals surface area contributed by atoms with E-state index in [1.165, 1.54) is 11.3 Å². The number of nitrogen functional groups attached to an aromatic ring is 1. The molecule has 0 atom stereocenters. The molecule has 2 rings (SSSR count). The molecular weight excluding hydrogens is 302 g/mol. The van der Waals surface area contributed by atoms with E-state index in [2.05, 4.69) is 10.3 Å². The van der Waals surface area contributed by atoms with Crippen LogP contribution >= 0.6 is 11.3 Å². The number of amides is 1. The molecule has 0 fully saturated rings. The Balaban J connectivity index is 1.81. The summed E-state index contributed by atoms with van der Waals surface area (Å²) in [7, 11) is 0. The maximum atomic E-state index is 11.8. The molecule has 0 spiro atoms. The second-order valence-corrected chi connectivity index (χ2v) is 5.49. The molecule has 6 nitrogen and oxygen atoms in total. The summed E-state index contributed by atoms with van der Waals surface area (Å²) in [5, 5.41) is 14.1. The van der Waals surface area contributed by atoms with Crippen LogP contribution in [0.25, 0.3) is 10.6 Å². The highest BCUT2D eigenvalue weighted by molar-refractivity contribution is 7.13. The van der Waals surface area contributed by atoms with Crippen molar-refractivity contribution in [3.8, 4) is 10.6 Å². The van der Waals surface area contributed by atoms with E-state index in [9.17, 15) is 4.79 Å². The van der Waals surface area contributed by atoms with E-state index >= 15 is 0 Å². The molecule has 0 radical (unpaired) electrons. The summed E-state index contributed by atoms with van der Waals surface area (Å²) in [6.07, 6.45) is 0.242. The normalized spacial score (nSPS) is 10.6. The second-order valence-electron chi connectivity index (χ2n) is 4.63. The number of nitrogens with one attached hydrogen (secondary N) is 1. The van der Waals surface area contributed by atoms with Gasteiger partial charge in [-0.2, -0.15) is 0 Å². The summed E-state index contributed by atoms with van der Waals surface area (Å²) >= 11 is 1.50. The minimum Gasteiger partial charge on any atom is -0.399 e. The minimum atomic E-state index is -0.0956.